The number of unbranched alkanes of at least 4 members (excludes halogenated alkanes) is 20. The highest BCUT2D eigenvalue weighted by Gasteiger charge is 2.53. The Hall–Kier alpha value is -2.25. The second-order valence-corrected chi connectivity index (χ2v) is 21.1. The largest absolute Gasteiger partial charge is 0.394 e. The molecule has 3 aliphatic heterocycles. The van der Waals surface area contributed by atoms with Gasteiger partial charge in [0.1, 0.15) is 73.2 Å². The van der Waals surface area contributed by atoms with Crippen molar-refractivity contribution in [3.05, 3.63) is 48.6 Å². The molecule has 3 heterocycles. The van der Waals surface area contributed by atoms with Crippen molar-refractivity contribution in [2.24, 2.45) is 0 Å². The molecule has 0 aromatic rings. The lowest BCUT2D eigenvalue weighted by Gasteiger charge is -2.48. The van der Waals surface area contributed by atoms with E-state index >= 15 is 0 Å². The van der Waals surface area contributed by atoms with Crippen LogP contribution in [0.5, 0.6) is 0 Å². The van der Waals surface area contributed by atoms with Gasteiger partial charge in [-0.1, -0.05) is 165 Å². The highest BCUT2D eigenvalue weighted by atomic mass is 16.8. The molecule has 3 fully saturated rings. The fraction of sp³-hybridized carbons (Fsp3) is 0.845. The van der Waals surface area contributed by atoms with Crippen molar-refractivity contribution < 1.29 is 89.4 Å². The van der Waals surface area contributed by atoms with Crippen molar-refractivity contribution in [3.8, 4) is 0 Å². The molecule has 19 nitrogen and oxygen atoms in total. The minimum Gasteiger partial charge on any atom is -0.394 e. The number of carbonyl (C=O) groups is 1. The Morgan fingerprint density at radius 1 is 0.468 bits per heavy atom. The fourth-order valence-corrected chi connectivity index (χ4v) is 9.73. The molecule has 0 spiro atoms. The average molecular weight is 1100 g/mol. The number of allylic oxidation sites excluding steroid dienone is 7. The van der Waals surface area contributed by atoms with E-state index in [2.05, 4.69) is 55.6 Å². The van der Waals surface area contributed by atoms with Gasteiger partial charge in [-0.25, -0.2) is 0 Å². The monoisotopic (exact) mass is 1100 g/mol. The molecule has 0 radical (unpaired) electrons. The quantitative estimate of drug-likeness (QED) is 0.0291. The average Bonchev–Trinajstić information content (AvgIpc) is 3.42. The first kappa shape index (κ1) is 69.0. The summed E-state index contributed by atoms with van der Waals surface area (Å²) in [4.78, 5) is 13.2. The van der Waals surface area contributed by atoms with E-state index in [1.54, 1.807) is 6.08 Å². The minimum atomic E-state index is -1.98. The topological polar surface area (TPSA) is 307 Å². The third kappa shape index (κ3) is 26.0. The predicted octanol–water partition coefficient (Wildman–Crippen LogP) is 4.70. The third-order valence-corrected chi connectivity index (χ3v) is 14.6. The van der Waals surface area contributed by atoms with E-state index < -0.39 is 124 Å². The molecule has 3 aliphatic rings. The molecule has 0 bridgehead atoms. The molecule has 0 aliphatic carbocycles. The third-order valence-electron chi connectivity index (χ3n) is 14.6. The predicted molar refractivity (Wildman–Crippen MR) is 291 cm³/mol. The van der Waals surface area contributed by atoms with Gasteiger partial charge in [0.05, 0.1) is 38.6 Å². The number of aliphatic hydroxyl groups is 11. The fourth-order valence-electron chi connectivity index (χ4n) is 9.73. The Morgan fingerprint density at radius 2 is 0.857 bits per heavy atom. The van der Waals surface area contributed by atoms with E-state index in [0.717, 1.165) is 64.2 Å². The molecule has 0 aromatic heterocycles. The molecule has 448 valence electrons. The van der Waals surface area contributed by atoms with E-state index in [9.17, 15) is 61.0 Å². The Bertz CT molecular complexity index is 1600. The van der Waals surface area contributed by atoms with Crippen LogP contribution in [0.25, 0.3) is 0 Å². The number of ether oxygens (including phenoxy) is 6. The molecular weight excluding hydrogens is 999 g/mol. The van der Waals surface area contributed by atoms with Crippen LogP contribution < -0.4 is 5.32 Å². The Labute approximate surface area is 459 Å². The molecule has 17 atom stereocenters. The summed E-state index contributed by atoms with van der Waals surface area (Å²) in [5.41, 5.74) is 0. The van der Waals surface area contributed by atoms with Crippen molar-refractivity contribution in [1.29, 1.82) is 0 Å². The van der Waals surface area contributed by atoms with Crippen LogP contribution in [-0.4, -0.2) is 193 Å². The molecule has 3 saturated heterocycles. The van der Waals surface area contributed by atoms with Crippen LogP contribution in [-0.2, 0) is 33.2 Å². The number of rotatable bonds is 42. The summed E-state index contributed by atoms with van der Waals surface area (Å²) in [6.45, 7) is 1.56. The van der Waals surface area contributed by atoms with Gasteiger partial charge in [-0.3, -0.25) is 4.79 Å². The van der Waals surface area contributed by atoms with Crippen LogP contribution in [0.1, 0.15) is 181 Å². The number of hydrogen-bond donors (Lipinski definition) is 12. The molecular formula is C58H103NO18. The van der Waals surface area contributed by atoms with Crippen LogP contribution in [0.15, 0.2) is 48.6 Å². The Kier molecular flexibility index (Phi) is 37.4. The van der Waals surface area contributed by atoms with Crippen LogP contribution in [0, 0.1) is 0 Å². The lowest BCUT2D eigenvalue weighted by atomic mass is 9.96. The standard InChI is InChI=1S/C58H103NO18/c1-3-5-7-9-10-11-12-13-14-15-16-17-18-19-20-21-22-23-24-25-26-27-28-29-30-32-34-36-46(64)59-41(42(63)35-33-31-8-6-4-2)40-72-56-52(70)49(67)54(44(38-61)74-56)77-58-53(71)50(68)55(45(39-62)75-58)76-57-51(69)48(66)47(65)43(37-60)73-57/h12-13,15-16,18-19,33,35,41-45,47-58,60-63,65-71H,3-11,14,17,20-32,34,36-40H2,1-2H3,(H,59,64)/b13-12-,16-15-,19-18-,35-33+. The summed E-state index contributed by atoms with van der Waals surface area (Å²) in [5.74, 6) is -0.287. The smallest absolute Gasteiger partial charge is 0.220 e. The molecule has 17 unspecified atom stereocenters. The maximum absolute atomic E-state index is 13.2. The normalized spacial score (nSPS) is 31.1. The van der Waals surface area contributed by atoms with Crippen LogP contribution in [0.3, 0.4) is 0 Å². The van der Waals surface area contributed by atoms with Gasteiger partial charge in [0.15, 0.2) is 18.9 Å². The number of aliphatic hydroxyl groups excluding tert-OH is 11. The van der Waals surface area contributed by atoms with Crippen LogP contribution in [0.2, 0.25) is 0 Å². The first-order valence-corrected chi connectivity index (χ1v) is 29.4. The maximum atomic E-state index is 13.2. The zero-order valence-electron chi connectivity index (χ0n) is 46.4. The molecule has 3 rings (SSSR count). The van der Waals surface area contributed by atoms with Gasteiger partial charge >= 0.3 is 0 Å². The molecule has 77 heavy (non-hydrogen) atoms. The summed E-state index contributed by atoms with van der Waals surface area (Å²) < 4.78 is 34.0. The molecule has 0 saturated carbocycles. The van der Waals surface area contributed by atoms with Gasteiger partial charge in [0.25, 0.3) is 0 Å². The van der Waals surface area contributed by atoms with Crippen molar-refractivity contribution in [3.63, 3.8) is 0 Å². The van der Waals surface area contributed by atoms with Crippen molar-refractivity contribution in [1.82, 2.24) is 5.32 Å². The number of carbonyl (C=O) groups excluding carboxylic acids is 1. The lowest BCUT2D eigenvalue weighted by molar-refractivity contribution is -0.379. The van der Waals surface area contributed by atoms with Gasteiger partial charge < -0.3 is 89.9 Å². The Balaban J connectivity index is 1.36. The highest BCUT2D eigenvalue weighted by molar-refractivity contribution is 5.76. The molecule has 12 N–H and O–H groups in total. The second-order valence-electron chi connectivity index (χ2n) is 21.1. The summed E-state index contributed by atoms with van der Waals surface area (Å²) in [6, 6.07) is -0.970. The molecule has 0 aromatic carbocycles. The van der Waals surface area contributed by atoms with Gasteiger partial charge in [-0.15, -0.1) is 0 Å². The van der Waals surface area contributed by atoms with Gasteiger partial charge in [-0.2, -0.15) is 0 Å². The first-order chi connectivity index (χ1) is 37.3. The van der Waals surface area contributed by atoms with E-state index in [0.29, 0.717) is 6.42 Å². The summed E-state index contributed by atoms with van der Waals surface area (Å²) in [5, 5.41) is 119. The van der Waals surface area contributed by atoms with Crippen molar-refractivity contribution in [2.45, 2.75) is 285 Å². The first-order valence-electron chi connectivity index (χ1n) is 29.4. The number of nitrogens with one attached hydrogen (secondary N) is 1. The molecule has 19 heteroatoms. The van der Waals surface area contributed by atoms with Gasteiger partial charge in [0.2, 0.25) is 5.91 Å². The van der Waals surface area contributed by atoms with E-state index in [-0.39, 0.29) is 18.9 Å². The van der Waals surface area contributed by atoms with E-state index in [1.165, 1.54) is 89.9 Å². The molecule has 1 amide bonds. The zero-order valence-corrected chi connectivity index (χ0v) is 46.4. The number of amides is 1. The second kappa shape index (κ2) is 41.7. The number of hydrogen-bond acceptors (Lipinski definition) is 18. The minimum absolute atomic E-state index is 0.238. The summed E-state index contributed by atoms with van der Waals surface area (Å²) in [6.07, 6.45) is 19.0. The van der Waals surface area contributed by atoms with E-state index in [1.807, 2.05) is 6.08 Å². The van der Waals surface area contributed by atoms with Gasteiger partial charge in [-0.05, 0) is 57.8 Å². The van der Waals surface area contributed by atoms with Gasteiger partial charge in [0, 0.05) is 6.42 Å². The zero-order chi connectivity index (χ0) is 56.2. The van der Waals surface area contributed by atoms with Crippen LogP contribution >= 0.6 is 0 Å². The highest BCUT2D eigenvalue weighted by Crippen LogP contribution is 2.33. The summed E-state index contributed by atoms with van der Waals surface area (Å²) in [7, 11) is 0. The lowest BCUT2D eigenvalue weighted by Crippen LogP contribution is -2.66. The Morgan fingerprint density at radius 3 is 1.36 bits per heavy atom. The maximum Gasteiger partial charge on any atom is 0.220 e. The summed E-state index contributed by atoms with van der Waals surface area (Å²) >= 11 is 0. The van der Waals surface area contributed by atoms with Crippen molar-refractivity contribution in [2.75, 3.05) is 26.4 Å². The van der Waals surface area contributed by atoms with Crippen LogP contribution in [0.4, 0.5) is 0 Å². The van der Waals surface area contributed by atoms with Crippen molar-refractivity contribution >= 4 is 5.91 Å². The SMILES string of the molecule is CCCCC/C=C/C(O)C(COC1OC(CO)C(OC2OC(CO)C(OC3OC(CO)C(O)C(O)C3O)C(O)C2O)C(O)C1O)NC(=O)CCCCCCCCCCCCCC/C=C\C/C=C\C/C=C\CCCCCCC. The van der Waals surface area contributed by atoms with E-state index in [4.69, 9.17) is 28.4 Å².